The van der Waals surface area contributed by atoms with Crippen LogP contribution in [0.25, 0.3) is 0 Å². The van der Waals surface area contributed by atoms with Crippen LogP contribution in [0, 0.1) is 28.6 Å². The first-order valence-electron chi connectivity index (χ1n) is 13.6. The Bertz CT molecular complexity index is 1040. The summed E-state index contributed by atoms with van der Waals surface area (Å²) in [6.45, 7) is 7.18. The van der Waals surface area contributed by atoms with Gasteiger partial charge in [-0.2, -0.15) is 0 Å². The van der Waals surface area contributed by atoms with Gasteiger partial charge in [-0.15, -0.1) is 0 Å². The average Bonchev–Trinajstić information content (AvgIpc) is 3.07. The molecule has 0 aliphatic heterocycles. The molecule has 4 aliphatic carbocycles. The summed E-state index contributed by atoms with van der Waals surface area (Å²) < 4.78 is 22.4. The van der Waals surface area contributed by atoms with Gasteiger partial charge in [0.25, 0.3) is 0 Å². The molecule has 0 radical (unpaired) electrons. The summed E-state index contributed by atoms with van der Waals surface area (Å²) in [4.78, 5) is 37.6. The highest BCUT2D eigenvalue weighted by Gasteiger charge is 2.75. The third kappa shape index (κ3) is 4.47. The Hall–Kier alpha value is -1.36. The number of alkyl halides is 1. The predicted octanol–water partition coefficient (Wildman–Crippen LogP) is 4.42. The van der Waals surface area contributed by atoms with Gasteiger partial charge in [-0.1, -0.05) is 54.0 Å². The fourth-order valence-electron chi connectivity index (χ4n) is 7.83. The standard InChI is InChI=1S/C28H40FNO6S2/c1-5-11-37-38-12-10-30-24(34)36-16-23(33)28(35)17(2)13-21-20-7-6-18-14-19(31)8-9-25(18,3)27(20,29)22(32)15-26(21,28)4/h8-9,14,17,20-22,32,35H,5-7,10-13,15-16H2,1-4H3,(H,30,34)/t17-,20+,21+,22+,25+,26+,27+,28+/m0/s1. The molecule has 0 spiro atoms. The number of hydrogen-bond acceptors (Lipinski definition) is 8. The van der Waals surface area contributed by atoms with Gasteiger partial charge in [0.2, 0.25) is 5.78 Å². The Labute approximate surface area is 232 Å². The highest BCUT2D eigenvalue weighted by Crippen LogP contribution is 2.70. The van der Waals surface area contributed by atoms with Crippen LogP contribution in [0.15, 0.2) is 23.8 Å². The lowest BCUT2D eigenvalue weighted by Gasteiger charge is -2.62. The topological polar surface area (TPSA) is 113 Å². The van der Waals surface area contributed by atoms with Crippen molar-refractivity contribution in [2.45, 2.75) is 77.2 Å². The molecule has 0 aromatic carbocycles. The van der Waals surface area contributed by atoms with E-state index in [4.69, 9.17) is 4.74 Å². The van der Waals surface area contributed by atoms with Crippen LogP contribution in [0.5, 0.6) is 0 Å². The molecular weight excluding hydrogens is 529 g/mol. The van der Waals surface area contributed by atoms with Crippen LogP contribution in [-0.2, 0) is 14.3 Å². The van der Waals surface area contributed by atoms with Crippen molar-refractivity contribution in [3.8, 4) is 0 Å². The normalized spacial score (nSPS) is 41.6. The van der Waals surface area contributed by atoms with Crippen molar-refractivity contribution >= 4 is 39.2 Å². The Morgan fingerprint density at radius 2 is 1.95 bits per heavy atom. The van der Waals surface area contributed by atoms with Gasteiger partial charge in [-0.05, 0) is 63.0 Å². The molecule has 1 amide bonds. The number of aliphatic hydroxyl groups excluding tert-OH is 1. The second-order valence-electron chi connectivity index (χ2n) is 11.7. The number of Topliss-reactive ketones (excluding diaryl/α,β-unsaturated/α-hetero) is 1. The molecule has 8 atom stereocenters. The number of halogens is 1. The first kappa shape index (κ1) is 29.6. The number of allylic oxidation sites excluding steroid dienone is 4. The lowest BCUT2D eigenvalue weighted by molar-refractivity contribution is -0.219. The molecule has 10 heteroatoms. The van der Waals surface area contributed by atoms with Crippen LogP contribution in [-0.4, -0.2) is 69.9 Å². The van der Waals surface area contributed by atoms with E-state index in [2.05, 4.69) is 12.2 Å². The summed E-state index contributed by atoms with van der Waals surface area (Å²) in [6, 6.07) is 0. The number of nitrogens with one attached hydrogen (secondary N) is 1. The molecular formula is C28H40FNO6S2. The van der Waals surface area contributed by atoms with Crippen LogP contribution in [0.3, 0.4) is 0 Å². The molecule has 38 heavy (non-hydrogen) atoms. The van der Waals surface area contributed by atoms with Crippen molar-refractivity contribution in [1.29, 1.82) is 0 Å². The molecule has 3 fully saturated rings. The Morgan fingerprint density at radius 3 is 2.66 bits per heavy atom. The van der Waals surface area contributed by atoms with Crippen molar-refractivity contribution in [1.82, 2.24) is 5.32 Å². The Kier molecular flexibility index (Phi) is 8.50. The van der Waals surface area contributed by atoms with E-state index in [-0.39, 0.29) is 18.1 Å². The van der Waals surface area contributed by atoms with Crippen molar-refractivity contribution in [3.63, 3.8) is 0 Å². The number of rotatable bonds is 9. The third-order valence-corrected chi connectivity index (χ3v) is 12.4. The summed E-state index contributed by atoms with van der Waals surface area (Å²) in [5.74, 6) is -0.537. The summed E-state index contributed by atoms with van der Waals surface area (Å²) >= 11 is 0. The van der Waals surface area contributed by atoms with Gasteiger partial charge < -0.3 is 20.3 Å². The highest BCUT2D eigenvalue weighted by molar-refractivity contribution is 8.76. The van der Waals surface area contributed by atoms with Crippen LogP contribution in [0.1, 0.15) is 59.8 Å². The molecule has 0 aromatic rings. The number of aliphatic hydroxyl groups is 2. The van der Waals surface area contributed by atoms with Crippen molar-refractivity contribution < 1.29 is 33.7 Å². The van der Waals surface area contributed by atoms with E-state index in [1.54, 1.807) is 48.4 Å². The van der Waals surface area contributed by atoms with Crippen LogP contribution in [0.4, 0.5) is 9.18 Å². The van der Waals surface area contributed by atoms with E-state index >= 15 is 4.39 Å². The maximum Gasteiger partial charge on any atom is 0.407 e. The maximum atomic E-state index is 17.2. The van der Waals surface area contributed by atoms with Gasteiger partial charge in [0.05, 0.1) is 6.10 Å². The van der Waals surface area contributed by atoms with E-state index in [0.717, 1.165) is 12.2 Å². The zero-order chi connectivity index (χ0) is 27.9. The summed E-state index contributed by atoms with van der Waals surface area (Å²) in [5.41, 5.74) is -5.45. The van der Waals surface area contributed by atoms with Crippen LogP contribution < -0.4 is 5.32 Å². The van der Waals surface area contributed by atoms with Gasteiger partial charge in [-0.25, -0.2) is 9.18 Å². The molecule has 3 saturated carbocycles. The number of hydrogen-bond donors (Lipinski definition) is 3. The Balaban J connectivity index is 1.48. The second kappa shape index (κ2) is 10.9. The second-order valence-corrected chi connectivity index (χ2v) is 14.4. The minimum absolute atomic E-state index is 0.110. The van der Waals surface area contributed by atoms with E-state index in [1.165, 1.54) is 12.2 Å². The van der Waals surface area contributed by atoms with Gasteiger partial charge in [0.1, 0.15) is 5.60 Å². The average molecular weight is 570 g/mol. The van der Waals surface area contributed by atoms with Gasteiger partial charge >= 0.3 is 6.09 Å². The van der Waals surface area contributed by atoms with Crippen molar-refractivity contribution in [3.05, 3.63) is 23.8 Å². The third-order valence-electron chi connectivity index (χ3n) is 9.81. The number of alkyl carbamates (subject to hydrolysis) is 1. The molecule has 212 valence electrons. The maximum absolute atomic E-state index is 17.2. The molecule has 3 N–H and O–H groups in total. The molecule has 0 heterocycles. The zero-order valence-corrected chi connectivity index (χ0v) is 24.3. The quantitative estimate of drug-likeness (QED) is 0.276. The number of carbonyl (C=O) groups excluding carboxylic acids is 3. The zero-order valence-electron chi connectivity index (χ0n) is 22.6. The molecule has 0 saturated heterocycles. The summed E-state index contributed by atoms with van der Waals surface area (Å²) in [5, 5.41) is 26.0. The fourth-order valence-corrected chi connectivity index (χ4v) is 9.87. The van der Waals surface area contributed by atoms with Gasteiger partial charge in [0.15, 0.2) is 18.1 Å². The number of fused-ring (bicyclic) bond motifs is 5. The van der Waals surface area contributed by atoms with Crippen molar-refractivity contribution in [2.75, 3.05) is 24.7 Å². The van der Waals surface area contributed by atoms with Crippen LogP contribution >= 0.6 is 21.6 Å². The predicted molar refractivity (Wildman–Crippen MR) is 147 cm³/mol. The van der Waals surface area contributed by atoms with Gasteiger partial charge in [0, 0.05) is 34.8 Å². The first-order valence-corrected chi connectivity index (χ1v) is 16.1. The minimum Gasteiger partial charge on any atom is -0.441 e. The lowest BCUT2D eigenvalue weighted by Crippen LogP contribution is -2.69. The van der Waals surface area contributed by atoms with Gasteiger partial charge in [-0.3, -0.25) is 9.59 Å². The van der Waals surface area contributed by atoms with Crippen LogP contribution in [0.2, 0.25) is 0 Å². The largest absolute Gasteiger partial charge is 0.441 e. The van der Waals surface area contributed by atoms with E-state index in [0.29, 0.717) is 37.1 Å². The Morgan fingerprint density at radius 1 is 1.24 bits per heavy atom. The number of amides is 1. The van der Waals surface area contributed by atoms with E-state index < -0.39 is 58.5 Å². The first-order chi connectivity index (χ1) is 17.9. The molecule has 7 nitrogen and oxygen atoms in total. The molecule has 0 unspecified atom stereocenters. The summed E-state index contributed by atoms with van der Waals surface area (Å²) in [7, 11) is 3.38. The lowest BCUT2D eigenvalue weighted by atomic mass is 9.44. The summed E-state index contributed by atoms with van der Waals surface area (Å²) in [6.07, 6.45) is 4.59. The monoisotopic (exact) mass is 569 g/mol. The molecule has 0 bridgehead atoms. The number of carbonyl (C=O) groups is 3. The van der Waals surface area contributed by atoms with E-state index in [1.807, 2.05) is 0 Å². The van der Waals surface area contributed by atoms with E-state index in [9.17, 15) is 24.6 Å². The smallest absolute Gasteiger partial charge is 0.407 e. The molecule has 0 aromatic heterocycles. The number of ketones is 2. The SMILES string of the molecule is CCCSSCCNC(=O)OCC(=O)[C@]1(O)[C@@H](C)C[C@@H]2[C@H]3CCC4=CC(=O)C=C[C@@]4(C)[C@]3(F)[C@H](O)C[C@]21C. The van der Waals surface area contributed by atoms with Crippen molar-refractivity contribution in [2.24, 2.45) is 28.6 Å². The highest BCUT2D eigenvalue weighted by atomic mass is 33.1. The fraction of sp³-hybridized carbons (Fsp3) is 0.750. The molecule has 4 aliphatic rings. The molecule has 4 rings (SSSR count). The number of ether oxygens (including phenoxy) is 1. The minimum atomic E-state index is -2.03.